The highest BCUT2D eigenvalue weighted by atomic mass is 19.2. The first-order valence-corrected chi connectivity index (χ1v) is 9.31. The van der Waals surface area contributed by atoms with Crippen LogP contribution in [0, 0.1) is 17.5 Å². The van der Waals surface area contributed by atoms with Gasteiger partial charge in [0.15, 0.2) is 23.1 Å². The lowest BCUT2D eigenvalue weighted by Gasteiger charge is -2.13. The summed E-state index contributed by atoms with van der Waals surface area (Å²) >= 11 is 0. The summed E-state index contributed by atoms with van der Waals surface area (Å²) in [6, 6.07) is 5.66. The lowest BCUT2D eigenvalue weighted by Crippen LogP contribution is -2.09. The Kier molecular flexibility index (Phi) is 7.64. The van der Waals surface area contributed by atoms with Gasteiger partial charge in [-0.15, -0.1) is 0 Å². The van der Waals surface area contributed by atoms with Crippen LogP contribution in [0.4, 0.5) is 13.2 Å². The third-order valence-electron chi connectivity index (χ3n) is 4.19. The van der Waals surface area contributed by atoms with E-state index in [0.717, 1.165) is 18.2 Å². The Morgan fingerprint density at radius 1 is 0.750 bits per heavy atom. The molecule has 0 aliphatic heterocycles. The molecule has 8 heteroatoms. The van der Waals surface area contributed by atoms with Gasteiger partial charge in [0.25, 0.3) is 0 Å². The molecule has 0 aliphatic rings. The number of carbonyl (C=O) groups is 2. The minimum absolute atomic E-state index is 0.0133. The Labute approximate surface area is 183 Å². The minimum atomic E-state index is -1.32. The smallest absolute Gasteiger partial charge is 0.338 e. The fraction of sp³-hybridized carbons (Fsp3) is 0.167. The molecule has 0 unspecified atom stereocenters. The van der Waals surface area contributed by atoms with Crippen LogP contribution in [0.5, 0.6) is 11.5 Å². The number of allylic oxidation sites excluding steroid dienone is 2. The average Bonchev–Trinajstić information content (AvgIpc) is 2.72. The average molecular weight is 446 g/mol. The van der Waals surface area contributed by atoms with Gasteiger partial charge in [0.2, 0.25) is 5.82 Å². The molecule has 0 saturated carbocycles. The SMILES string of the molecule is C=C(C)C(=O)O/C(C)=C(\C)Oc1ccc(-c2ccc(OC(=O)C(=C)C)c(F)c2)c(F)c1F. The summed E-state index contributed by atoms with van der Waals surface area (Å²) < 4.78 is 58.7. The number of carbonyl (C=O) groups excluding carboxylic acids is 2. The lowest BCUT2D eigenvalue weighted by molar-refractivity contribution is -0.135. The first kappa shape index (κ1) is 24.5. The number of hydrogen-bond donors (Lipinski definition) is 0. The van der Waals surface area contributed by atoms with Gasteiger partial charge in [-0.3, -0.25) is 0 Å². The number of halogens is 3. The van der Waals surface area contributed by atoms with Crippen LogP contribution in [-0.4, -0.2) is 11.9 Å². The van der Waals surface area contributed by atoms with E-state index in [1.54, 1.807) is 0 Å². The second-order valence-corrected chi connectivity index (χ2v) is 6.94. The zero-order valence-corrected chi connectivity index (χ0v) is 18.0. The van der Waals surface area contributed by atoms with E-state index in [1.807, 2.05) is 0 Å². The second-order valence-electron chi connectivity index (χ2n) is 6.94. The van der Waals surface area contributed by atoms with Gasteiger partial charge in [-0.1, -0.05) is 19.2 Å². The van der Waals surface area contributed by atoms with Crippen molar-refractivity contribution in [2.24, 2.45) is 0 Å². The van der Waals surface area contributed by atoms with Crippen LogP contribution in [0.1, 0.15) is 27.7 Å². The van der Waals surface area contributed by atoms with E-state index >= 15 is 0 Å². The molecule has 0 radical (unpaired) electrons. The van der Waals surface area contributed by atoms with Gasteiger partial charge < -0.3 is 14.2 Å². The predicted molar refractivity (Wildman–Crippen MR) is 112 cm³/mol. The van der Waals surface area contributed by atoms with Crippen LogP contribution in [0.25, 0.3) is 11.1 Å². The molecule has 0 aliphatic carbocycles. The number of ether oxygens (including phenoxy) is 3. The van der Waals surface area contributed by atoms with Gasteiger partial charge in [0.1, 0.15) is 11.5 Å². The van der Waals surface area contributed by atoms with Crippen molar-refractivity contribution in [3.63, 3.8) is 0 Å². The Bertz CT molecular complexity index is 1150. The quantitative estimate of drug-likeness (QED) is 0.226. The maximum Gasteiger partial charge on any atom is 0.338 e. The monoisotopic (exact) mass is 446 g/mol. The summed E-state index contributed by atoms with van der Waals surface area (Å²) in [6.07, 6.45) is 0. The number of hydrogen-bond acceptors (Lipinski definition) is 5. The Morgan fingerprint density at radius 3 is 1.91 bits per heavy atom. The van der Waals surface area contributed by atoms with Crippen molar-refractivity contribution in [1.82, 2.24) is 0 Å². The van der Waals surface area contributed by atoms with Gasteiger partial charge in [0, 0.05) is 16.7 Å². The van der Waals surface area contributed by atoms with E-state index in [1.165, 1.54) is 39.8 Å². The van der Waals surface area contributed by atoms with Crippen molar-refractivity contribution in [3.8, 4) is 22.6 Å². The fourth-order valence-corrected chi connectivity index (χ4v) is 2.31. The Balaban J connectivity index is 2.31. The van der Waals surface area contributed by atoms with E-state index in [4.69, 9.17) is 14.2 Å². The van der Waals surface area contributed by atoms with E-state index < -0.39 is 35.1 Å². The molecular formula is C24H21F3O5. The summed E-state index contributed by atoms with van der Waals surface area (Å²) in [5, 5.41) is 0. The van der Waals surface area contributed by atoms with Crippen molar-refractivity contribution in [2.45, 2.75) is 27.7 Å². The molecule has 0 aromatic heterocycles. The third kappa shape index (κ3) is 5.66. The van der Waals surface area contributed by atoms with Crippen LogP contribution < -0.4 is 9.47 Å². The Morgan fingerprint density at radius 2 is 1.34 bits per heavy atom. The molecule has 0 amide bonds. The lowest BCUT2D eigenvalue weighted by atomic mass is 10.0. The molecule has 0 fully saturated rings. The van der Waals surface area contributed by atoms with E-state index in [2.05, 4.69) is 13.2 Å². The molecule has 168 valence electrons. The third-order valence-corrected chi connectivity index (χ3v) is 4.19. The van der Waals surface area contributed by atoms with Gasteiger partial charge in [-0.05, 0) is 57.5 Å². The number of benzene rings is 2. The summed E-state index contributed by atoms with van der Waals surface area (Å²) in [7, 11) is 0. The normalized spacial score (nSPS) is 11.3. The van der Waals surface area contributed by atoms with Crippen molar-refractivity contribution in [3.05, 3.63) is 83.6 Å². The van der Waals surface area contributed by atoms with Gasteiger partial charge >= 0.3 is 11.9 Å². The van der Waals surface area contributed by atoms with Crippen LogP contribution in [0.3, 0.4) is 0 Å². The molecule has 2 aromatic carbocycles. The van der Waals surface area contributed by atoms with Crippen LogP contribution in [-0.2, 0) is 14.3 Å². The highest BCUT2D eigenvalue weighted by molar-refractivity contribution is 5.89. The van der Waals surface area contributed by atoms with E-state index in [-0.39, 0.29) is 39.5 Å². The second kappa shape index (κ2) is 10.00. The van der Waals surface area contributed by atoms with Crippen molar-refractivity contribution < 1.29 is 37.0 Å². The van der Waals surface area contributed by atoms with Crippen molar-refractivity contribution >= 4 is 11.9 Å². The standard InChI is InChI=1S/C24H21F3O5/c1-12(2)23(28)31-15(6)14(5)30-20-10-8-17(21(26)22(20)27)16-7-9-19(18(25)11-16)32-24(29)13(3)4/h7-11H,1,3H2,2,4-6H3/b15-14+. The minimum Gasteiger partial charge on any atom is -0.455 e. The first-order valence-electron chi connectivity index (χ1n) is 9.31. The predicted octanol–water partition coefficient (Wildman–Crippen LogP) is 6.00. The zero-order valence-electron chi connectivity index (χ0n) is 18.0. The summed E-state index contributed by atoms with van der Waals surface area (Å²) in [6.45, 7) is 12.5. The molecule has 0 atom stereocenters. The largest absolute Gasteiger partial charge is 0.455 e. The maximum absolute atomic E-state index is 14.7. The van der Waals surface area contributed by atoms with Crippen molar-refractivity contribution in [2.75, 3.05) is 0 Å². The van der Waals surface area contributed by atoms with E-state index in [0.29, 0.717) is 0 Å². The topological polar surface area (TPSA) is 61.8 Å². The van der Waals surface area contributed by atoms with Gasteiger partial charge in [-0.25, -0.2) is 18.4 Å². The molecule has 0 bridgehead atoms. The summed E-state index contributed by atoms with van der Waals surface area (Å²) in [4.78, 5) is 23.1. The van der Waals surface area contributed by atoms with Crippen LogP contribution in [0.2, 0.25) is 0 Å². The molecule has 0 heterocycles. The van der Waals surface area contributed by atoms with E-state index in [9.17, 15) is 22.8 Å². The molecule has 5 nitrogen and oxygen atoms in total. The molecular weight excluding hydrogens is 425 g/mol. The molecule has 0 saturated heterocycles. The zero-order chi connectivity index (χ0) is 24.2. The summed E-state index contributed by atoms with van der Waals surface area (Å²) in [5.74, 6) is -5.80. The van der Waals surface area contributed by atoms with Crippen LogP contribution in [0.15, 0.2) is 66.2 Å². The van der Waals surface area contributed by atoms with Gasteiger partial charge in [-0.2, -0.15) is 4.39 Å². The molecule has 32 heavy (non-hydrogen) atoms. The number of rotatable bonds is 7. The summed E-state index contributed by atoms with van der Waals surface area (Å²) in [5.41, 5.74) is 0.00974. The first-order chi connectivity index (χ1) is 14.9. The highest BCUT2D eigenvalue weighted by Gasteiger charge is 2.19. The maximum atomic E-state index is 14.7. The Hall–Kier alpha value is -3.81. The van der Waals surface area contributed by atoms with Gasteiger partial charge in [0.05, 0.1) is 0 Å². The number of esters is 2. The molecule has 0 N–H and O–H groups in total. The van der Waals surface area contributed by atoms with Crippen molar-refractivity contribution in [1.29, 1.82) is 0 Å². The molecule has 2 aromatic rings. The highest BCUT2D eigenvalue weighted by Crippen LogP contribution is 2.33. The fourth-order valence-electron chi connectivity index (χ4n) is 2.31. The van der Waals surface area contributed by atoms with Crippen LogP contribution >= 0.6 is 0 Å². The molecule has 2 rings (SSSR count). The molecule has 0 spiro atoms.